The summed E-state index contributed by atoms with van der Waals surface area (Å²) in [6.07, 6.45) is 5.62. The molecule has 166 valence electrons. The first-order valence-electron chi connectivity index (χ1n) is 11.5. The average Bonchev–Trinajstić information content (AvgIpc) is 3.18. The minimum atomic E-state index is -0.174. The quantitative estimate of drug-likeness (QED) is 0.281. The molecule has 0 aromatic heterocycles. The van der Waals surface area contributed by atoms with Crippen molar-refractivity contribution in [2.45, 2.75) is 11.3 Å². The number of methoxy groups -OCH3 is 1. The van der Waals surface area contributed by atoms with Crippen LogP contribution in [0.2, 0.25) is 0 Å². The molecule has 2 aromatic carbocycles. The number of Topliss-reactive ketones (excluding diaryl/α,β-unsaturated/α-hetero) is 1. The number of hydrogen-bond donors (Lipinski definition) is 0. The fourth-order valence-electron chi connectivity index (χ4n) is 7.49. The van der Waals surface area contributed by atoms with Crippen LogP contribution in [0.4, 0.5) is 5.69 Å². The molecular formula is C27H23NO4S. The predicted molar refractivity (Wildman–Crippen MR) is 124 cm³/mol. The number of hydrogen-bond acceptors (Lipinski definition) is 5. The number of carbonyl (C=O) groups excluding carboxylic acids is 3. The number of amides is 2. The second-order valence-corrected chi connectivity index (χ2v) is 11.0. The number of benzene rings is 2. The number of ether oxygens (including phenoxy) is 1. The topological polar surface area (TPSA) is 63.7 Å². The molecule has 4 aliphatic carbocycles. The van der Waals surface area contributed by atoms with Gasteiger partial charge in [0.1, 0.15) is 5.75 Å². The van der Waals surface area contributed by atoms with Gasteiger partial charge in [-0.15, -0.1) is 11.8 Å². The van der Waals surface area contributed by atoms with Crippen LogP contribution in [-0.4, -0.2) is 30.5 Å². The van der Waals surface area contributed by atoms with Crippen molar-refractivity contribution in [2.24, 2.45) is 40.9 Å². The van der Waals surface area contributed by atoms with Crippen molar-refractivity contribution in [1.29, 1.82) is 0 Å². The van der Waals surface area contributed by atoms with Gasteiger partial charge >= 0.3 is 0 Å². The molecule has 1 aliphatic heterocycles. The lowest BCUT2D eigenvalue weighted by Crippen LogP contribution is -2.39. The van der Waals surface area contributed by atoms with Gasteiger partial charge in [0.2, 0.25) is 11.8 Å². The number of ketones is 1. The minimum Gasteiger partial charge on any atom is -0.497 e. The second kappa shape index (κ2) is 6.60. The molecule has 5 nitrogen and oxygen atoms in total. The third-order valence-electron chi connectivity index (χ3n) is 8.79. The zero-order chi connectivity index (χ0) is 22.5. The first-order valence-corrected chi connectivity index (χ1v) is 12.5. The maximum absolute atomic E-state index is 13.4. The van der Waals surface area contributed by atoms with Crippen molar-refractivity contribution in [3.8, 4) is 5.75 Å². The zero-order valence-corrected chi connectivity index (χ0v) is 19.0. The Hall–Kier alpha value is -2.86. The Balaban J connectivity index is 1.06. The monoisotopic (exact) mass is 457 g/mol. The molecule has 1 heterocycles. The summed E-state index contributed by atoms with van der Waals surface area (Å²) in [5, 5.41) is 0. The first-order chi connectivity index (χ1) is 16.0. The fraction of sp³-hybridized carbons (Fsp3) is 0.370. The molecule has 1 saturated heterocycles. The molecule has 4 fully saturated rings. The maximum atomic E-state index is 13.4. The third kappa shape index (κ3) is 2.42. The van der Waals surface area contributed by atoms with E-state index in [0.717, 1.165) is 17.1 Å². The predicted octanol–water partition coefficient (Wildman–Crippen LogP) is 4.23. The molecule has 5 aliphatic rings. The summed E-state index contributed by atoms with van der Waals surface area (Å²) < 4.78 is 5.14. The van der Waals surface area contributed by atoms with Gasteiger partial charge in [0.25, 0.3) is 0 Å². The van der Waals surface area contributed by atoms with E-state index in [9.17, 15) is 14.4 Å². The molecule has 2 amide bonds. The van der Waals surface area contributed by atoms with Crippen LogP contribution in [0, 0.1) is 40.9 Å². The van der Waals surface area contributed by atoms with Gasteiger partial charge in [-0.05, 0) is 84.0 Å². The summed E-state index contributed by atoms with van der Waals surface area (Å²) in [4.78, 5) is 41.6. The lowest BCUT2D eigenvalue weighted by atomic mass is 9.63. The van der Waals surface area contributed by atoms with Gasteiger partial charge < -0.3 is 4.74 Å². The average molecular weight is 458 g/mol. The second-order valence-electron chi connectivity index (χ2n) is 9.94. The molecular weight excluding hydrogens is 434 g/mol. The number of nitrogens with zero attached hydrogens (tertiary/aromatic N) is 1. The van der Waals surface area contributed by atoms with Crippen LogP contribution >= 0.6 is 11.8 Å². The molecule has 6 heteroatoms. The van der Waals surface area contributed by atoms with E-state index in [2.05, 4.69) is 12.2 Å². The van der Waals surface area contributed by atoms with Crippen LogP contribution in [0.25, 0.3) is 0 Å². The van der Waals surface area contributed by atoms with Crippen molar-refractivity contribution in [3.05, 3.63) is 66.2 Å². The van der Waals surface area contributed by atoms with Crippen LogP contribution in [0.5, 0.6) is 5.75 Å². The normalized spacial score (nSPS) is 36.3. The standard InChI is InChI=1S/C27H23NO4S/c1-32-17-7-2-14(3-8-17)20(29)13-33-18-9-5-16(6-10-18)28-25(30)21-19-11-4-15-12-27(22(15)23(19)27)24(21)26(28)31/h2-11,15,19,21-24H,12-13H2,1H3. The summed E-state index contributed by atoms with van der Waals surface area (Å²) in [7, 11) is 1.60. The van der Waals surface area contributed by atoms with Crippen molar-refractivity contribution < 1.29 is 19.1 Å². The van der Waals surface area contributed by atoms with Crippen molar-refractivity contribution in [2.75, 3.05) is 17.8 Å². The number of allylic oxidation sites excluding steroid dienone is 2. The summed E-state index contributed by atoms with van der Waals surface area (Å²) >= 11 is 1.45. The zero-order valence-electron chi connectivity index (χ0n) is 18.1. The summed E-state index contributed by atoms with van der Waals surface area (Å²) in [5.74, 6) is 2.86. The van der Waals surface area contributed by atoms with Crippen LogP contribution in [0.1, 0.15) is 16.8 Å². The molecule has 1 spiro atoms. The highest BCUT2D eigenvalue weighted by Crippen LogP contribution is 2.88. The SMILES string of the molecule is COc1ccc(C(=O)CSc2ccc(N3C(=O)C4C5C=CC6CC7(C4C3=O)C6C57)cc2)cc1. The molecule has 7 rings (SSSR count). The van der Waals surface area contributed by atoms with E-state index in [1.807, 2.05) is 24.3 Å². The molecule has 2 aromatic rings. The molecule has 7 atom stereocenters. The number of anilines is 1. The Morgan fingerprint density at radius 2 is 1.79 bits per heavy atom. The van der Waals surface area contributed by atoms with Crippen molar-refractivity contribution in [3.63, 3.8) is 0 Å². The number of imide groups is 1. The summed E-state index contributed by atoms with van der Waals surface area (Å²) in [6.45, 7) is 0. The number of carbonyl (C=O) groups is 3. The highest BCUT2D eigenvalue weighted by atomic mass is 32.2. The number of thioether (sulfide) groups is 1. The van der Waals surface area contributed by atoms with Crippen molar-refractivity contribution in [1.82, 2.24) is 0 Å². The molecule has 33 heavy (non-hydrogen) atoms. The van der Waals surface area contributed by atoms with Gasteiger partial charge in [-0.1, -0.05) is 12.2 Å². The number of rotatable bonds is 6. The Labute approximate surface area is 196 Å². The van der Waals surface area contributed by atoms with E-state index in [-0.39, 0.29) is 40.8 Å². The van der Waals surface area contributed by atoms with E-state index >= 15 is 0 Å². The Morgan fingerprint density at radius 3 is 2.52 bits per heavy atom. The van der Waals surface area contributed by atoms with Gasteiger partial charge in [-0.2, -0.15) is 0 Å². The van der Waals surface area contributed by atoms with E-state index in [0.29, 0.717) is 34.8 Å². The van der Waals surface area contributed by atoms with Crippen LogP contribution in [0.3, 0.4) is 0 Å². The van der Waals surface area contributed by atoms with E-state index in [1.165, 1.54) is 16.7 Å². The molecule has 3 saturated carbocycles. The lowest BCUT2D eigenvalue weighted by Gasteiger charge is -2.39. The molecule has 7 unspecified atom stereocenters. The summed E-state index contributed by atoms with van der Waals surface area (Å²) in [5.41, 5.74) is 1.41. The Morgan fingerprint density at radius 1 is 1.03 bits per heavy atom. The number of fused-ring (bicyclic) bond motifs is 2. The van der Waals surface area contributed by atoms with E-state index < -0.39 is 0 Å². The molecule has 0 bridgehead atoms. The third-order valence-corrected chi connectivity index (χ3v) is 9.80. The van der Waals surface area contributed by atoms with Gasteiger partial charge in [-0.3, -0.25) is 19.3 Å². The van der Waals surface area contributed by atoms with Crippen LogP contribution in [-0.2, 0) is 9.59 Å². The highest BCUT2D eigenvalue weighted by molar-refractivity contribution is 8.00. The minimum absolute atomic E-state index is 0.00355. The van der Waals surface area contributed by atoms with Crippen LogP contribution in [0.15, 0.2) is 65.6 Å². The maximum Gasteiger partial charge on any atom is 0.238 e. The fourth-order valence-corrected chi connectivity index (χ4v) is 8.29. The Bertz CT molecular complexity index is 1240. The lowest BCUT2D eigenvalue weighted by molar-refractivity contribution is -0.124. The molecule has 0 N–H and O–H groups in total. The largest absolute Gasteiger partial charge is 0.497 e. The van der Waals surface area contributed by atoms with Gasteiger partial charge in [0, 0.05) is 10.5 Å². The van der Waals surface area contributed by atoms with Crippen LogP contribution < -0.4 is 9.64 Å². The van der Waals surface area contributed by atoms with Gasteiger partial charge in [0.05, 0.1) is 30.4 Å². The van der Waals surface area contributed by atoms with E-state index in [1.54, 1.807) is 31.4 Å². The van der Waals surface area contributed by atoms with Gasteiger partial charge in [0.15, 0.2) is 5.78 Å². The van der Waals surface area contributed by atoms with Gasteiger partial charge in [-0.25, -0.2) is 0 Å². The Kier molecular flexibility index (Phi) is 3.92. The summed E-state index contributed by atoms with van der Waals surface area (Å²) in [6, 6.07) is 14.6. The molecule has 0 radical (unpaired) electrons. The van der Waals surface area contributed by atoms with E-state index in [4.69, 9.17) is 4.74 Å². The highest BCUT2D eigenvalue weighted by Gasteiger charge is 2.88. The first kappa shape index (κ1) is 19.6. The van der Waals surface area contributed by atoms with Crippen molar-refractivity contribution >= 4 is 35.0 Å². The smallest absolute Gasteiger partial charge is 0.238 e.